The third-order valence-corrected chi connectivity index (χ3v) is 4.94. The fourth-order valence-electron chi connectivity index (χ4n) is 3.38. The lowest BCUT2D eigenvalue weighted by atomic mass is 10.1. The molecule has 2 aromatic carbocycles. The van der Waals surface area contributed by atoms with Crippen molar-refractivity contribution >= 4 is 0 Å². The van der Waals surface area contributed by atoms with Gasteiger partial charge in [-0.2, -0.15) is 15.0 Å². The van der Waals surface area contributed by atoms with Gasteiger partial charge in [-0.3, -0.25) is 0 Å². The molecule has 1 aromatic heterocycles. The van der Waals surface area contributed by atoms with Crippen LogP contribution < -0.4 is 5.32 Å². The van der Waals surface area contributed by atoms with E-state index in [0.717, 1.165) is 30.0 Å². The summed E-state index contributed by atoms with van der Waals surface area (Å²) in [6.45, 7) is 4.74. The van der Waals surface area contributed by atoms with E-state index in [1.165, 1.54) is 44.1 Å². The molecule has 4 heteroatoms. The molecule has 0 saturated heterocycles. The van der Waals surface area contributed by atoms with Gasteiger partial charge in [-0.1, -0.05) is 99.7 Å². The van der Waals surface area contributed by atoms with Crippen LogP contribution in [0, 0.1) is 0 Å². The summed E-state index contributed by atoms with van der Waals surface area (Å²) in [6.07, 6.45) is 7.90. The van der Waals surface area contributed by atoms with Crippen molar-refractivity contribution in [1.82, 2.24) is 20.3 Å². The Hall–Kier alpha value is -2.46. The molecule has 148 valence electrons. The van der Waals surface area contributed by atoms with Crippen molar-refractivity contribution in [2.75, 3.05) is 6.54 Å². The van der Waals surface area contributed by atoms with E-state index in [9.17, 15) is 0 Å². The van der Waals surface area contributed by atoms with E-state index >= 15 is 0 Å². The second kappa shape index (κ2) is 11.4. The van der Waals surface area contributed by atoms with E-state index in [0.29, 0.717) is 6.54 Å². The predicted molar refractivity (Wildman–Crippen MR) is 116 cm³/mol. The van der Waals surface area contributed by atoms with E-state index < -0.39 is 0 Å². The maximum atomic E-state index is 4.79. The Morgan fingerprint density at radius 2 is 1.46 bits per heavy atom. The minimum Gasteiger partial charge on any atom is -0.311 e. The average Bonchev–Trinajstić information content (AvgIpc) is 3.14. The summed E-state index contributed by atoms with van der Waals surface area (Å²) in [6, 6.07) is 20.7. The molecule has 0 spiro atoms. The van der Waals surface area contributed by atoms with E-state index in [2.05, 4.69) is 60.8 Å². The van der Waals surface area contributed by atoms with Crippen LogP contribution in [0.5, 0.6) is 0 Å². The lowest BCUT2D eigenvalue weighted by molar-refractivity contribution is 0.556. The highest BCUT2D eigenvalue weighted by molar-refractivity contribution is 5.60. The molecule has 0 aliphatic carbocycles. The van der Waals surface area contributed by atoms with Crippen LogP contribution in [-0.2, 0) is 13.1 Å². The Kier molecular flexibility index (Phi) is 8.26. The third kappa shape index (κ3) is 6.31. The molecule has 28 heavy (non-hydrogen) atoms. The quantitative estimate of drug-likeness (QED) is 0.428. The fraction of sp³-hybridized carbons (Fsp3) is 0.417. The molecule has 3 aromatic rings. The monoisotopic (exact) mass is 376 g/mol. The zero-order chi connectivity index (χ0) is 19.4. The van der Waals surface area contributed by atoms with Gasteiger partial charge in [-0.25, -0.2) is 0 Å². The van der Waals surface area contributed by atoms with E-state index in [1.807, 2.05) is 16.9 Å². The summed E-state index contributed by atoms with van der Waals surface area (Å²) in [5.74, 6) is 0. The summed E-state index contributed by atoms with van der Waals surface area (Å²) in [7, 11) is 0. The molecule has 0 unspecified atom stereocenters. The number of nitrogens with one attached hydrogen (secondary N) is 1. The Morgan fingerprint density at radius 3 is 2.21 bits per heavy atom. The van der Waals surface area contributed by atoms with Crippen molar-refractivity contribution in [3.63, 3.8) is 0 Å². The van der Waals surface area contributed by atoms with Crippen LogP contribution in [0.1, 0.15) is 56.7 Å². The third-order valence-electron chi connectivity index (χ3n) is 4.94. The molecule has 1 heterocycles. The fourth-order valence-corrected chi connectivity index (χ4v) is 3.38. The SMILES string of the molecule is CCCCCCCCNCc1nn(Cc2ccccc2)nc1-c1ccccc1. The minimum atomic E-state index is 0.693. The number of rotatable bonds is 12. The van der Waals surface area contributed by atoms with Crippen LogP contribution in [-0.4, -0.2) is 21.5 Å². The number of nitrogens with zero attached hydrogens (tertiary/aromatic N) is 3. The van der Waals surface area contributed by atoms with Crippen LogP contribution >= 0.6 is 0 Å². The Balaban J connectivity index is 1.60. The second-order valence-electron chi connectivity index (χ2n) is 7.32. The minimum absolute atomic E-state index is 0.693. The summed E-state index contributed by atoms with van der Waals surface area (Å²) in [5.41, 5.74) is 4.34. The number of benzene rings is 2. The maximum Gasteiger partial charge on any atom is 0.117 e. The van der Waals surface area contributed by atoms with Crippen LogP contribution in [0.15, 0.2) is 60.7 Å². The molecule has 0 fully saturated rings. The van der Waals surface area contributed by atoms with Crippen LogP contribution in [0.25, 0.3) is 11.3 Å². The Bertz CT molecular complexity index is 796. The van der Waals surface area contributed by atoms with Gasteiger partial charge in [0, 0.05) is 12.1 Å². The molecule has 4 nitrogen and oxygen atoms in total. The van der Waals surface area contributed by atoms with Crippen molar-refractivity contribution in [3.8, 4) is 11.3 Å². The molecule has 0 bridgehead atoms. The summed E-state index contributed by atoms with van der Waals surface area (Å²) in [4.78, 5) is 1.82. The van der Waals surface area contributed by atoms with Gasteiger partial charge in [-0.05, 0) is 18.5 Å². The van der Waals surface area contributed by atoms with Crippen molar-refractivity contribution in [2.24, 2.45) is 0 Å². The van der Waals surface area contributed by atoms with Gasteiger partial charge in [-0.15, -0.1) is 0 Å². The van der Waals surface area contributed by atoms with Gasteiger partial charge in [0.2, 0.25) is 0 Å². The maximum absolute atomic E-state index is 4.79. The normalized spacial score (nSPS) is 11.0. The first-order chi connectivity index (χ1) is 13.9. The largest absolute Gasteiger partial charge is 0.311 e. The number of hydrogen-bond donors (Lipinski definition) is 1. The molecule has 0 amide bonds. The molecular weight excluding hydrogens is 344 g/mol. The number of hydrogen-bond acceptors (Lipinski definition) is 3. The topological polar surface area (TPSA) is 42.7 Å². The Morgan fingerprint density at radius 1 is 0.786 bits per heavy atom. The molecule has 3 rings (SSSR count). The standard InChI is InChI=1S/C24H32N4/c1-2-3-4-5-6-13-18-25-19-23-24(22-16-11-8-12-17-22)27-28(26-23)20-21-14-9-7-10-15-21/h7-12,14-17,25H,2-6,13,18-20H2,1H3. The Labute approximate surface area is 169 Å². The molecular formula is C24H32N4. The predicted octanol–water partition coefficient (Wildman–Crippen LogP) is 5.44. The van der Waals surface area contributed by atoms with Crippen molar-refractivity contribution in [2.45, 2.75) is 58.5 Å². The van der Waals surface area contributed by atoms with E-state index in [1.54, 1.807) is 0 Å². The first kappa shape index (κ1) is 20.3. The van der Waals surface area contributed by atoms with E-state index in [-0.39, 0.29) is 0 Å². The molecule has 0 radical (unpaired) electrons. The molecule has 0 aliphatic rings. The zero-order valence-corrected chi connectivity index (χ0v) is 17.0. The van der Waals surface area contributed by atoms with Gasteiger partial charge in [0.1, 0.15) is 11.4 Å². The zero-order valence-electron chi connectivity index (χ0n) is 17.0. The van der Waals surface area contributed by atoms with Gasteiger partial charge < -0.3 is 5.32 Å². The van der Waals surface area contributed by atoms with Gasteiger partial charge in [0.05, 0.1) is 6.54 Å². The first-order valence-corrected chi connectivity index (χ1v) is 10.6. The lowest BCUT2D eigenvalue weighted by Gasteiger charge is -2.04. The van der Waals surface area contributed by atoms with Crippen molar-refractivity contribution in [1.29, 1.82) is 0 Å². The second-order valence-corrected chi connectivity index (χ2v) is 7.32. The molecule has 1 N–H and O–H groups in total. The van der Waals surface area contributed by atoms with Crippen LogP contribution in [0.4, 0.5) is 0 Å². The molecule has 0 aliphatic heterocycles. The van der Waals surface area contributed by atoms with Gasteiger partial charge >= 0.3 is 0 Å². The summed E-state index contributed by atoms with van der Waals surface area (Å²) >= 11 is 0. The van der Waals surface area contributed by atoms with Gasteiger partial charge in [0.25, 0.3) is 0 Å². The summed E-state index contributed by atoms with van der Waals surface area (Å²) < 4.78 is 0. The summed E-state index contributed by atoms with van der Waals surface area (Å²) in [5, 5.41) is 13.1. The molecule has 0 saturated carbocycles. The van der Waals surface area contributed by atoms with Crippen molar-refractivity contribution < 1.29 is 0 Å². The highest BCUT2D eigenvalue weighted by Gasteiger charge is 2.13. The average molecular weight is 377 g/mol. The van der Waals surface area contributed by atoms with Crippen molar-refractivity contribution in [3.05, 3.63) is 71.9 Å². The highest BCUT2D eigenvalue weighted by Crippen LogP contribution is 2.20. The highest BCUT2D eigenvalue weighted by atomic mass is 15.5. The molecule has 0 atom stereocenters. The van der Waals surface area contributed by atoms with Crippen LogP contribution in [0.2, 0.25) is 0 Å². The lowest BCUT2D eigenvalue weighted by Crippen LogP contribution is -2.16. The number of aromatic nitrogens is 3. The van der Waals surface area contributed by atoms with Gasteiger partial charge in [0.15, 0.2) is 0 Å². The first-order valence-electron chi connectivity index (χ1n) is 10.6. The number of unbranched alkanes of at least 4 members (excludes halogenated alkanes) is 5. The van der Waals surface area contributed by atoms with E-state index in [4.69, 9.17) is 10.2 Å². The van der Waals surface area contributed by atoms with Crippen LogP contribution in [0.3, 0.4) is 0 Å². The smallest absolute Gasteiger partial charge is 0.117 e.